The van der Waals surface area contributed by atoms with E-state index in [1.54, 1.807) is 37.0 Å². The van der Waals surface area contributed by atoms with Gasteiger partial charge in [-0.15, -0.1) is 0 Å². The predicted octanol–water partition coefficient (Wildman–Crippen LogP) is 1.70. The Balaban J connectivity index is 1.63. The van der Waals surface area contributed by atoms with Crippen LogP contribution in [-0.4, -0.2) is 22.0 Å². The highest BCUT2D eigenvalue weighted by Gasteiger charge is 1.96. The summed E-state index contributed by atoms with van der Waals surface area (Å²) in [5.41, 5.74) is 0. The van der Waals surface area contributed by atoms with Gasteiger partial charge in [0.2, 0.25) is 5.91 Å². The molecule has 0 atom stereocenters. The summed E-state index contributed by atoms with van der Waals surface area (Å²) in [5.74, 6) is 0.556. The third kappa shape index (κ3) is 3.93. The highest BCUT2D eigenvalue weighted by Crippen LogP contribution is 2.01. The molecule has 0 aliphatic carbocycles. The van der Waals surface area contributed by atoms with Crippen LogP contribution in [0, 0.1) is 0 Å². The molecule has 0 radical (unpaired) electrons. The second kappa shape index (κ2) is 6.44. The van der Waals surface area contributed by atoms with Gasteiger partial charge in [0.1, 0.15) is 5.76 Å². The van der Waals surface area contributed by atoms with Crippen LogP contribution in [0.1, 0.15) is 12.2 Å². The smallest absolute Gasteiger partial charge is 0.244 e. The monoisotopic (exact) mass is 245 g/mol. The lowest BCUT2D eigenvalue weighted by Crippen LogP contribution is -2.22. The van der Waals surface area contributed by atoms with Gasteiger partial charge in [0.05, 0.1) is 12.6 Å². The number of furan rings is 1. The lowest BCUT2D eigenvalue weighted by molar-refractivity contribution is -0.116. The maximum atomic E-state index is 11.4. The number of carbonyl (C=O) groups excluding carboxylic acids is 1. The molecule has 0 saturated heterocycles. The first-order valence-corrected chi connectivity index (χ1v) is 5.80. The fourth-order valence-corrected chi connectivity index (χ4v) is 1.50. The number of aryl methyl sites for hydroxylation is 1. The highest BCUT2D eigenvalue weighted by molar-refractivity contribution is 5.91. The van der Waals surface area contributed by atoms with E-state index in [1.165, 1.54) is 6.08 Å². The van der Waals surface area contributed by atoms with Crippen molar-refractivity contribution >= 4 is 12.0 Å². The third-order valence-electron chi connectivity index (χ3n) is 2.39. The maximum Gasteiger partial charge on any atom is 0.244 e. The molecule has 2 rings (SSSR count). The Bertz CT molecular complexity index is 486. The standard InChI is InChI=1S/C13H15N3O2/c17-13(5-4-12-3-1-10-18-12)15-6-2-8-16-9-7-14-11-16/h1,3-5,7,9-11H,2,6,8H2,(H,15,17). The van der Waals surface area contributed by atoms with Crippen molar-refractivity contribution in [3.8, 4) is 0 Å². The van der Waals surface area contributed by atoms with Crippen molar-refractivity contribution in [2.45, 2.75) is 13.0 Å². The molecule has 2 aromatic heterocycles. The van der Waals surface area contributed by atoms with Crippen LogP contribution in [0.25, 0.3) is 6.08 Å². The summed E-state index contributed by atoms with van der Waals surface area (Å²) in [6.45, 7) is 1.49. The van der Waals surface area contributed by atoms with Crippen LogP contribution in [0.4, 0.5) is 0 Å². The normalized spacial score (nSPS) is 10.9. The zero-order valence-corrected chi connectivity index (χ0v) is 9.95. The first kappa shape index (κ1) is 12.2. The first-order chi connectivity index (χ1) is 8.84. The van der Waals surface area contributed by atoms with Crippen LogP contribution >= 0.6 is 0 Å². The average Bonchev–Trinajstić information content (AvgIpc) is 3.04. The molecule has 1 N–H and O–H groups in total. The van der Waals surface area contributed by atoms with Gasteiger partial charge in [-0.3, -0.25) is 4.79 Å². The molecule has 0 aromatic carbocycles. The number of carbonyl (C=O) groups is 1. The summed E-state index contributed by atoms with van der Waals surface area (Å²) in [4.78, 5) is 15.4. The lowest BCUT2D eigenvalue weighted by Gasteiger charge is -2.02. The average molecular weight is 245 g/mol. The van der Waals surface area contributed by atoms with Crippen molar-refractivity contribution in [3.63, 3.8) is 0 Å². The Hall–Kier alpha value is -2.30. The largest absolute Gasteiger partial charge is 0.465 e. The molecule has 0 bridgehead atoms. The number of nitrogens with one attached hydrogen (secondary N) is 1. The van der Waals surface area contributed by atoms with Gasteiger partial charge in [0.15, 0.2) is 0 Å². The van der Waals surface area contributed by atoms with E-state index >= 15 is 0 Å². The minimum Gasteiger partial charge on any atom is -0.465 e. The number of hydrogen-bond donors (Lipinski definition) is 1. The molecule has 0 aliphatic rings. The van der Waals surface area contributed by atoms with Crippen molar-refractivity contribution < 1.29 is 9.21 Å². The van der Waals surface area contributed by atoms with Crippen molar-refractivity contribution in [1.82, 2.24) is 14.9 Å². The molecule has 2 heterocycles. The van der Waals surface area contributed by atoms with Crippen LogP contribution < -0.4 is 5.32 Å². The van der Waals surface area contributed by atoms with Gasteiger partial charge in [-0.25, -0.2) is 4.98 Å². The highest BCUT2D eigenvalue weighted by atomic mass is 16.3. The van der Waals surface area contributed by atoms with E-state index in [4.69, 9.17) is 4.42 Å². The molecule has 0 spiro atoms. The molecular formula is C13H15N3O2. The van der Waals surface area contributed by atoms with Gasteiger partial charge in [-0.05, 0) is 24.6 Å². The Kier molecular flexibility index (Phi) is 4.35. The molecule has 18 heavy (non-hydrogen) atoms. The second-order valence-corrected chi connectivity index (χ2v) is 3.79. The Morgan fingerprint density at radius 2 is 2.50 bits per heavy atom. The Labute approximate surface area is 105 Å². The Morgan fingerprint density at radius 1 is 1.56 bits per heavy atom. The molecule has 5 heteroatoms. The van der Waals surface area contributed by atoms with Gasteiger partial charge in [-0.2, -0.15) is 0 Å². The van der Waals surface area contributed by atoms with E-state index in [0.29, 0.717) is 12.3 Å². The van der Waals surface area contributed by atoms with Crippen molar-refractivity contribution in [2.75, 3.05) is 6.54 Å². The Morgan fingerprint density at radius 3 is 3.22 bits per heavy atom. The SMILES string of the molecule is O=C(C=Cc1ccco1)NCCCn1ccnc1. The summed E-state index contributed by atoms with van der Waals surface area (Å²) in [6.07, 6.45) is 11.0. The molecular weight excluding hydrogens is 230 g/mol. The van der Waals surface area contributed by atoms with Crippen molar-refractivity contribution in [3.05, 3.63) is 49.0 Å². The first-order valence-electron chi connectivity index (χ1n) is 5.80. The maximum absolute atomic E-state index is 11.4. The minimum atomic E-state index is -0.114. The molecule has 94 valence electrons. The molecule has 0 fully saturated rings. The van der Waals surface area contributed by atoms with Gasteiger partial charge in [0, 0.05) is 31.6 Å². The topological polar surface area (TPSA) is 60.1 Å². The zero-order chi connectivity index (χ0) is 12.6. The van der Waals surface area contributed by atoms with E-state index in [2.05, 4.69) is 10.3 Å². The third-order valence-corrected chi connectivity index (χ3v) is 2.39. The van der Waals surface area contributed by atoms with Gasteiger partial charge in [-0.1, -0.05) is 0 Å². The van der Waals surface area contributed by atoms with E-state index < -0.39 is 0 Å². The van der Waals surface area contributed by atoms with Crippen LogP contribution in [0.2, 0.25) is 0 Å². The number of aromatic nitrogens is 2. The summed E-state index contributed by atoms with van der Waals surface area (Å²) >= 11 is 0. The summed E-state index contributed by atoms with van der Waals surface area (Å²) in [7, 11) is 0. The fourth-order valence-electron chi connectivity index (χ4n) is 1.50. The van der Waals surface area contributed by atoms with E-state index in [-0.39, 0.29) is 5.91 Å². The molecule has 1 amide bonds. The molecule has 5 nitrogen and oxygen atoms in total. The molecule has 0 unspecified atom stereocenters. The van der Waals surface area contributed by atoms with Gasteiger partial charge in [0.25, 0.3) is 0 Å². The van der Waals surface area contributed by atoms with Crippen LogP contribution in [0.3, 0.4) is 0 Å². The zero-order valence-electron chi connectivity index (χ0n) is 9.95. The van der Waals surface area contributed by atoms with E-state index in [1.807, 2.05) is 10.8 Å². The second-order valence-electron chi connectivity index (χ2n) is 3.79. The molecule has 2 aromatic rings. The van der Waals surface area contributed by atoms with Crippen molar-refractivity contribution in [2.24, 2.45) is 0 Å². The minimum absolute atomic E-state index is 0.114. The fraction of sp³-hybridized carbons (Fsp3) is 0.231. The van der Waals surface area contributed by atoms with E-state index in [0.717, 1.165) is 13.0 Å². The molecule has 0 saturated carbocycles. The van der Waals surface area contributed by atoms with Crippen molar-refractivity contribution in [1.29, 1.82) is 0 Å². The number of imidazole rings is 1. The van der Waals surface area contributed by atoms with Gasteiger partial charge >= 0.3 is 0 Å². The van der Waals surface area contributed by atoms with Crippen LogP contribution in [0.15, 0.2) is 47.6 Å². The van der Waals surface area contributed by atoms with Gasteiger partial charge < -0.3 is 14.3 Å². The van der Waals surface area contributed by atoms with Crippen LogP contribution in [-0.2, 0) is 11.3 Å². The lowest BCUT2D eigenvalue weighted by atomic mass is 10.3. The quantitative estimate of drug-likeness (QED) is 0.622. The number of hydrogen-bond acceptors (Lipinski definition) is 3. The summed E-state index contributed by atoms with van der Waals surface area (Å²) < 4.78 is 7.06. The molecule has 0 aliphatic heterocycles. The van der Waals surface area contributed by atoms with E-state index in [9.17, 15) is 4.79 Å². The number of amides is 1. The number of nitrogens with zero attached hydrogens (tertiary/aromatic N) is 2. The van der Waals surface area contributed by atoms with Crippen LogP contribution in [0.5, 0.6) is 0 Å². The summed E-state index contributed by atoms with van der Waals surface area (Å²) in [6, 6.07) is 3.57. The number of rotatable bonds is 6. The predicted molar refractivity (Wildman–Crippen MR) is 67.6 cm³/mol. The summed E-state index contributed by atoms with van der Waals surface area (Å²) in [5, 5.41) is 2.81.